The normalized spacial score (nSPS) is 11.6. The van der Waals surface area contributed by atoms with E-state index in [0.29, 0.717) is 22.3 Å². The minimum absolute atomic E-state index is 0.158. The van der Waals surface area contributed by atoms with E-state index >= 15 is 0 Å². The zero-order chi connectivity index (χ0) is 18.4. The molecule has 26 heavy (non-hydrogen) atoms. The van der Waals surface area contributed by atoms with Crippen molar-refractivity contribution in [3.63, 3.8) is 0 Å². The third-order valence-corrected chi connectivity index (χ3v) is 3.93. The van der Waals surface area contributed by atoms with Gasteiger partial charge in [0.15, 0.2) is 6.10 Å². The summed E-state index contributed by atoms with van der Waals surface area (Å²) < 4.78 is 11.5. The van der Waals surface area contributed by atoms with Crippen molar-refractivity contribution in [1.82, 2.24) is 0 Å². The van der Waals surface area contributed by atoms with Crippen molar-refractivity contribution in [3.05, 3.63) is 89.4 Å². The summed E-state index contributed by atoms with van der Waals surface area (Å²) in [5, 5.41) is 10.0. The minimum Gasteiger partial charge on any atom is -0.478 e. The Bertz CT molecular complexity index is 880. The van der Waals surface area contributed by atoms with E-state index in [-0.39, 0.29) is 6.42 Å². The second-order valence-corrected chi connectivity index (χ2v) is 6.07. The van der Waals surface area contributed by atoms with Gasteiger partial charge in [-0.2, -0.15) is 0 Å². The smallest absolute Gasteiger partial charge is 0.345 e. The number of rotatable bonds is 7. The molecule has 0 aliphatic rings. The van der Waals surface area contributed by atoms with Gasteiger partial charge in [0, 0.05) is 11.4 Å². The van der Waals surface area contributed by atoms with Crippen molar-refractivity contribution in [1.29, 1.82) is 0 Å². The number of halogens is 1. The number of carboxylic acids is 1. The van der Waals surface area contributed by atoms with Crippen LogP contribution in [0.15, 0.2) is 78.9 Å². The Morgan fingerprint density at radius 1 is 0.923 bits per heavy atom. The molecule has 0 saturated carbocycles. The Balaban J connectivity index is 1.80. The quantitative estimate of drug-likeness (QED) is 0.622. The Morgan fingerprint density at radius 3 is 2.35 bits per heavy atom. The highest BCUT2D eigenvalue weighted by atomic mass is 35.5. The number of hydrogen-bond acceptors (Lipinski definition) is 3. The Hall–Kier alpha value is -2.98. The van der Waals surface area contributed by atoms with E-state index in [1.54, 1.807) is 30.3 Å². The maximum Gasteiger partial charge on any atom is 0.345 e. The van der Waals surface area contributed by atoms with Gasteiger partial charge >= 0.3 is 5.97 Å². The highest BCUT2D eigenvalue weighted by Crippen LogP contribution is 2.27. The zero-order valence-electron chi connectivity index (χ0n) is 13.8. The lowest BCUT2D eigenvalue weighted by Crippen LogP contribution is -2.29. The van der Waals surface area contributed by atoms with Gasteiger partial charge in [0.1, 0.15) is 17.2 Å². The molecule has 4 nitrogen and oxygen atoms in total. The summed E-state index contributed by atoms with van der Waals surface area (Å²) in [6.45, 7) is 0. The van der Waals surface area contributed by atoms with Crippen LogP contribution < -0.4 is 9.47 Å². The molecule has 0 aliphatic heterocycles. The third kappa shape index (κ3) is 4.77. The SMILES string of the molecule is O=C(O)[C@@H](Cc1ccccc1Oc1ccccc1)Oc1cccc(Cl)c1. The van der Waals surface area contributed by atoms with Gasteiger partial charge in [-0.1, -0.05) is 54.1 Å². The van der Waals surface area contributed by atoms with Crippen LogP contribution in [0.3, 0.4) is 0 Å². The lowest BCUT2D eigenvalue weighted by atomic mass is 10.1. The molecular formula is C21H17ClO4. The van der Waals surface area contributed by atoms with E-state index in [2.05, 4.69) is 0 Å². The first-order chi connectivity index (χ1) is 12.6. The van der Waals surface area contributed by atoms with Gasteiger partial charge in [0.2, 0.25) is 0 Å². The Labute approximate surface area is 156 Å². The fourth-order valence-corrected chi connectivity index (χ4v) is 2.65. The summed E-state index contributed by atoms with van der Waals surface area (Å²) in [5.41, 5.74) is 0.741. The van der Waals surface area contributed by atoms with Crippen LogP contribution in [0.2, 0.25) is 5.02 Å². The van der Waals surface area contributed by atoms with Crippen LogP contribution in [-0.2, 0) is 11.2 Å². The zero-order valence-corrected chi connectivity index (χ0v) is 14.6. The fraction of sp³-hybridized carbons (Fsp3) is 0.0952. The molecule has 1 atom stereocenters. The highest BCUT2D eigenvalue weighted by molar-refractivity contribution is 6.30. The van der Waals surface area contributed by atoms with Crippen molar-refractivity contribution < 1.29 is 19.4 Å². The topological polar surface area (TPSA) is 55.8 Å². The molecule has 5 heteroatoms. The molecule has 0 spiro atoms. The summed E-state index contributed by atoms with van der Waals surface area (Å²) in [6, 6.07) is 23.3. The van der Waals surface area contributed by atoms with E-state index in [4.69, 9.17) is 21.1 Å². The van der Waals surface area contributed by atoms with Crippen molar-refractivity contribution in [2.24, 2.45) is 0 Å². The van der Waals surface area contributed by atoms with Crippen molar-refractivity contribution >= 4 is 17.6 Å². The molecule has 132 valence electrons. The maximum absolute atomic E-state index is 11.7. The number of para-hydroxylation sites is 2. The van der Waals surface area contributed by atoms with E-state index in [9.17, 15) is 9.90 Å². The van der Waals surface area contributed by atoms with E-state index in [1.165, 1.54) is 0 Å². The molecule has 1 N–H and O–H groups in total. The van der Waals surface area contributed by atoms with Gasteiger partial charge in [-0.05, 0) is 42.0 Å². The summed E-state index contributed by atoms with van der Waals surface area (Å²) in [7, 11) is 0. The molecule has 3 rings (SSSR count). The first-order valence-electron chi connectivity index (χ1n) is 8.07. The predicted molar refractivity (Wildman–Crippen MR) is 100 cm³/mol. The lowest BCUT2D eigenvalue weighted by Gasteiger charge is -2.17. The van der Waals surface area contributed by atoms with Gasteiger partial charge in [-0.15, -0.1) is 0 Å². The molecule has 0 fully saturated rings. The summed E-state index contributed by atoms with van der Waals surface area (Å²) in [6.07, 6.45) is -0.904. The molecule has 3 aromatic carbocycles. The van der Waals surface area contributed by atoms with Crippen LogP contribution in [0.4, 0.5) is 0 Å². The fourth-order valence-electron chi connectivity index (χ4n) is 2.47. The summed E-state index contributed by atoms with van der Waals surface area (Å²) >= 11 is 5.94. The van der Waals surface area contributed by atoms with Crippen LogP contribution in [0.25, 0.3) is 0 Å². The van der Waals surface area contributed by atoms with Gasteiger partial charge in [0.05, 0.1) is 0 Å². The Kier molecular flexibility index (Phi) is 5.77. The van der Waals surface area contributed by atoms with Crippen molar-refractivity contribution in [3.8, 4) is 17.2 Å². The van der Waals surface area contributed by atoms with E-state index in [0.717, 1.165) is 5.56 Å². The average molecular weight is 369 g/mol. The molecular weight excluding hydrogens is 352 g/mol. The minimum atomic E-state index is -1.06. The molecule has 0 unspecified atom stereocenters. The molecule has 0 saturated heterocycles. The number of carboxylic acid groups (broad SMARTS) is 1. The lowest BCUT2D eigenvalue weighted by molar-refractivity contribution is -0.145. The van der Waals surface area contributed by atoms with E-state index in [1.807, 2.05) is 48.5 Å². The summed E-state index contributed by atoms with van der Waals surface area (Å²) in [4.78, 5) is 11.7. The second-order valence-electron chi connectivity index (χ2n) is 5.63. The number of benzene rings is 3. The largest absolute Gasteiger partial charge is 0.478 e. The van der Waals surface area contributed by atoms with Crippen LogP contribution in [0.5, 0.6) is 17.2 Å². The average Bonchev–Trinajstić information content (AvgIpc) is 2.63. The van der Waals surface area contributed by atoms with Crippen molar-refractivity contribution in [2.75, 3.05) is 0 Å². The molecule has 0 amide bonds. The number of ether oxygens (including phenoxy) is 2. The number of carbonyl (C=O) groups is 1. The van der Waals surface area contributed by atoms with Gasteiger partial charge in [-0.3, -0.25) is 0 Å². The van der Waals surface area contributed by atoms with Crippen LogP contribution in [-0.4, -0.2) is 17.2 Å². The van der Waals surface area contributed by atoms with Crippen LogP contribution in [0, 0.1) is 0 Å². The van der Waals surface area contributed by atoms with Gasteiger partial charge in [0.25, 0.3) is 0 Å². The molecule has 3 aromatic rings. The predicted octanol–water partition coefficient (Wildman–Crippen LogP) is 5.21. The molecule has 0 aliphatic carbocycles. The van der Waals surface area contributed by atoms with Crippen LogP contribution >= 0.6 is 11.6 Å². The number of aliphatic carboxylic acids is 1. The van der Waals surface area contributed by atoms with Gasteiger partial charge in [-0.25, -0.2) is 4.79 Å². The van der Waals surface area contributed by atoms with Crippen molar-refractivity contribution in [2.45, 2.75) is 12.5 Å². The summed E-state index contributed by atoms with van der Waals surface area (Å²) in [5.74, 6) is 0.632. The van der Waals surface area contributed by atoms with Crippen LogP contribution in [0.1, 0.15) is 5.56 Å². The van der Waals surface area contributed by atoms with E-state index < -0.39 is 12.1 Å². The standard InChI is InChI=1S/C21H17ClO4/c22-16-8-6-11-18(14-16)26-20(21(23)24)13-15-7-4-5-12-19(15)25-17-9-2-1-3-10-17/h1-12,14,20H,13H2,(H,23,24)/t20-/m1/s1. The monoisotopic (exact) mass is 368 g/mol. The number of hydrogen-bond donors (Lipinski definition) is 1. The molecule has 0 heterocycles. The second kappa shape index (κ2) is 8.41. The highest BCUT2D eigenvalue weighted by Gasteiger charge is 2.22. The molecule has 0 aromatic heterocycles. The first-order valence-corrected chi connectivity index (χ1v) is 8.45. The molecule has 0 radical (unpaired) electrons. The molecule has 0 bridgehead atoms. The third-order valence-electron chi connectivity index (χ3n) is 3.70. The Morgan fingerprint density at radius 2 is 1.62 bits per heavy atom. The maximum atomic E-state index is 11.7. The van der Waals surface area contributed by atoms with Gasteiger partial charge < -0.3 is 14.6 Å². The first kappa shape index (κ1) is 17.8.